The molecule has 0 bridgehead atoms. The SMILES string of the molecule is CCN(CCn1c(CCCl)nc2c(C)cccc21)C1CC1. The molecule has 1 fully saturated rings. The molecule has 1 aliphatic rings. The molecular weight excluding hydrogens is 282 g/mol. The Morgan fingerprint density at radius 2 is 2.19 bits per heavy atom. The predicted molar refractivity (Wildman–Crippen MR) is 89.2 cm³/mol. The summed E-state index contributed by atoms with van der Waals surface area (Å²) >= 11 is 5.96. The van der Waals surface area contributed by atoms with Gasteiger partial charge in [0.15, 0.2) is 0 Å². The molecule has 0 unspecified atom stereocenters. The van der Waals surface area contributed by atoms with Crippen molar-refractivity contribution < 1.29 is 0 Å². The van der Waals surface area contributed by atoms with Gasteiger partial charge in [0.2, 0.25) is 0 Å². The van der Waals surface area contributed by atoms with Gasteiger partial charge in [0, 0.05) is 31.4 Å². The summed E-state index contributed by atoms with van der Waals surface area (Å²) in [7, 11) is 0. The predicted octanol–water partition coefficient (Wildman–Crippen LogP) is 3.61. The topological polar surface area (TPSA) is 21.1 Å². The lowest BCUT2D eigenvalue weighted by Crippen LogP contribution is -2.29. The lowest BCUT2D eigenvalue weighted by molar-refractivity contribution is 0.266. The summed E-state index contributed by atoms with van der Waals surface area (Å²) in [6, 6.07) is 7.26. The average molecular weight is 306 g/mol. The van der Waals surface area contributed by atoms with E-state index < -0.39 is 0 Å². The minimum absolute atomic E-state index is 0.627. The second-order valence-corrected chi connectivity index (χ2v) is 6.30. The van der Waals surface area contributed by atoms with Crippen LogP contribution in [0.15, 0.2) is 18.2 Å². The zero-order chi connectivity index (χ0) is 14.8. The van der Waals surface area contributed by atoms with E-state index in [0.29, 0.717) is 5.88 Å². The molecule has 3 rings (SSSR count). The molecule has 4 heteroatoms. The first-order chi connectivity index (χ1) is 10.2. The third-order valence-electron chi connectivity index (χ3n) is 4.46. The van der Waals surface area contributed by atoms with E-state index in [1.807, 2.05) is 0 Å². The molecule has 114 valence electrons. The van der Waals surface area contributed by atoms with Crippen molar-refractivity contribution in [1.82, 2.24) is 14.5 Å². The van der Waals surface area contributed by atoms with E-state index in [9.17, 15) is 0 Å². The highest BCUT2D eigenvalue weighted by Crippen LogP contribution is 2.27. The number of halogens is 1. The molecule has 1 aromatic carbocycles. The Morgan fingerprint density at radius 3 is 2.86 bits per heavy atom. The van der Waals surface area contributed by atoms with Gasteiger partial charge in [-0.15, -0.1) is 11.6 Å². The Kier molecular flexibility index (Phi) is 4.51. The lowest BCUT2D eigenvalue weighted by Gasteiger charge is -2.20. The Hall–Kier alpha value is -1.06. The highest BCUT2D eigenvalue weighted by Gasteiger charge is 2.27. The first-order valence-corrected chi connectivity index (χ1v) is 8.52. The molecule has 0 saturated heterocycles. The summed E-state index contributed by atoms with van der Waals surface area (Å²) in [4.78, 5) is 7.42. The number of benzene rings is 1. The molecule has 0 spiro atoms. The van der Waals surface area contributed by atoms with Crippen LogP contribution >= 0.6 is 11.6 Å². The lowest BCUT2D eigenvalue weighted by atomic mass is 10.2. The highest BCUT2D eigenvalue weighted by atomic mass is 35.5. The Bertz CT molecular complexity index is 616. The molecule has 0 atom stereocenters. The molecule has 1 heterocycles. The smallest absolute Gasteiger partial charge is 0.111 e. The molecule has 3 nitrogen and oxygen atoms in total. The fraction of sp³-hybridized carbons (Fsp3) is 0.588. The maximum atomic E-state index is 5.96. The Balaban J connectivity index is 1.87. The van der Waals surface area contributed by atoms with Gasteiger partial charge in [0.1, 0.15) is 5.82 Å². The zero-order valence-electron chi connectivity index (χ0n) is 13.0. The van der Waals surface area contributed by atoms with Crippen LogP contribution in [0.2, 0.25) is 0 Å². The van der Waals surface area contributed by atoms with Crippen molar-refractivity contribution in [1.29, 1.82) is 0 Å². The second kappa shape index (κ2) is 6.37. The number of aryl methyl sites for hydroxylation is 2. The van der Waals surface area contributed by atoms with Crippen molar-refractivity contribution in [3.63, 3.8) is 0 Å². The third kappa shape index (κ3) is 3.09. The summed E-state index contributed by atoms with van der Waals surface area (Å²) in [5.41, 5.74) is 3.63. The van der Waals surface area contributed by atoms with Gasteiger partial charge >= 0.3 is 0 Å². The van der Waals surface area contributed by atoms with Gasteiger partial charge in [0.25, 0.3) is 0 Å². The van der Waals surface area contributed by atoms with Crippen LogP contribution in [0.3, 0.4) is 0 Å². The van der Waals surface area contributed by atoms with Gasteiger partial charge in [-0.2, -0.15) is 0 Å². The molecule has 1 aliphatic carbocycles. The minimum atomic E-state index is 0.627. The second-order valence-electron chi connectivity index (χ2n) is 5.92. The highest BCUT2D eigenvalue weighted by molar-refractivity contribution is 6.17. The zero-order valence-corrected chi connectivity index (χ0v) is 13.7. The van der Waals surface area contributed by atoms with Gasteiger partial charge in [0.05, 0.1) is 11.0 Å². The van der Waals surface area contributed by atoms with Gasteiger partial charge in [-0.05, 0) is 37.9 Å². The molecule has 0 radical (unpaired) electrons. The monoisotopic (exact) mass is 305 g/mol. The van der Waals surface area contributed by atoms with Crippen molar-refractivity contribution in [3.05, 3.63) is 29.6 Å². The van der Waals surface area contributed by atoms with Gasteiger partial charge in [-0.25, -0.2) is 4.98 Å². The number of rotatable bonds is 7. The molecule has 21 heavy (non-hydrogen) atoms. The first-order valence-electron chi connectivity index (χ1n) is 7.99. The molecule has 1 saturated carbocycles. The van der Waals surface area contributed by atoms with Gasteiger partial charge in [-0.1, -0.05) is 19.1 Å². The number of likely N-dealkylation sites (N-methyl/N-ethyl adjacent to an activating group) is 1. The molecule has 1 aromatic heterocycles. The van der Waals surface area contributed by atoms with E-state index in [4.69, 9.17) is 16.6 Å². The van der Waals surface area contributed by atoms with Crippen LogP contribution in [0, 0.1) is 6.92 Å². The van der Waals surface area contributed by atoms with E-state index in [1.165, 1.54) is 23.9 Å². The molecular formula is C17H24ClN3. The molecule has 0 aliphatic heterocycles. The molecule has 0 N–H and O–H groups in total. The van der Waals surface area contributed by atoms with E-state index in [1.54, 1.807) is 0 Å². The van der Waals surface area contributed by atoms with Crippen molar-refractivity contribution in [2.75, 3.05) is 19.0 Å². The number of hydrogen-bond acceptors (Lipinski definition) is 2. The van der Waals surface area contributed by atoms with Crippen LogP contribution < -0.4 is 0 Å². The summed E-state index contributed by atoms with van der Waals surface area (Å²) in [6.07, 6.45) is 3.57. The van der Waals surface area contributed by atoms with Crippen LogP contribution in [-0.2, 0) is 13.0 Å². The van der Waals surface area contributed by atoms with Crippen molar-refractivity contribution in [2.45, 2.75) is 45.7 Å². The van der Waals surface area contributed by atoms with Crippen LogP contribution in [-0.4, -0.2) is 39.5 Å². The fourth-order valence-electron chi connectivity index (χ4n) is 3.13. The maximum Gasteiger partial charge on any atom is 0.111 e. The Morgan fingerprint density at radius 1 is 1.38 bits per heavy atom. The number of alkyl halides is 1. The largest absolute Gasteiger partial charge is 0.327 e. The van der Waals surface area contributed by atoms with Crippen molar-refractivity contribution in [2.24, 2.45) is 0 Å². The summed E-state index contributed by atoms with van der Waals surface area (Å²) in [5.74, 6) is 1.75. The third-order valence-corrected chi connectivity index (χ3v) is 4.65. The first kappa shape index (κ1) is 14.9. The fourth-order valence-corrected chi connectivity index (χ4v) is 3.30. The molecule has 0 amide bonds. The minimum Gasteiger partial charge on any atom is -0.327 e. The Labute approximate surface area is 131 Å². The van der Waals surface area contributed by atoms with E-state index in [-0.39, 0.29) is 0 Å². The van der Waals surface area contributed by atoms with E-state index in [0.717, 1.165) is 43.4 Å². The van der Waals surface area contributed by atoms with Crippen LogP contribution in [0.25, 0.3) is 11.0 Å². The normalized spacial score (nSPS) is 15.2. The van der Waals surface area contributed by atoms with E-state index >= 15 is 0 Å². The van der Waals surface area contributed by atoms with Crippen LogP contribution in [0.1, 0.15) is 31.2 Å². The number of hydrogen-bond donors (Lipinski definition) is 0. The molecule has 2 aromatic rings. The van der Waals surface area contributed by atoms with Crippen molar-refractivity contribution in [3.8, 4) is 0 Å². The maximum absolute atomic E-state index is 5.96. The van der Waals surface area contributed by atoms with Gasteiger partial charge < -0.3 is 4.57 Å². The number of imidazole rings is 1. The summed E-state index contributed by atoms with van der Waals surface area (Å²) in [6.45, 7) is 7.65. The standard InChI is InChI=1S/C17H24ClN3/c1-3-20(14-7-8-14)11-12-21-15-6-4-5-13(2)17(15)19-16(21)9-10-18/h4-6,14H,3,7-12H2,1-2H3. The average Bonchev–Trinajstić information content (AvgIpc) is 3.25. The number of aromatic nitrogens is 2. The number of para-hydroxylation sites is 1. The quantitative estimate of drug-likeness (QED) is 0.729. The van der Waals surface area contributed by atoms with E-state index in [2.05, 4.69) is 41.5 Å². The van der Waals surface area contributed by atoms with Crippen LogP contribution in [0.5, 0.6) is 0 Å². The number of fused-ring (bicyclic) bond motifs is 1. The van der Waals surface area contributed by atoms with Crippen molar-refractivity contribution >= 4 is 22.6 Å². The number of nitrogens with zero attached hydrogens (tertiary/aromatic N) is 3. The van der Waals surface area contributed by atoms with Gasteiger partial charge in [-0.3, -0.25) is 4.90 Å². The summed E-state index contributed by atoms with van der Waals surface area (Å²) in [5, 5.41) is 0. The summed E-state index contributed by atoms with van der Waals surface area (Å²) < 4.78 is 2.37. The van der Waals surface area contributed by atoms with Crippen LogP contribution in [0.4, 0.5) is 0 Å².